The third-order valence-corrected chi connectivity index (χ3v) is 4.28. The molecule has 3 rings (SSSR count). The number of aromatic carboxylic acids is 1. The number of aryl methyl sites for hydroxylation is 2. The average molecular weight is 308 g/mol. The molecule has 0 fully saturated rings. The minimum Gasteiger partial charge on any atom is -0.478 e. The molecule has 20 heavy (non-hydrogen) atoms. The molecule has 5 nitrogen and oxygen atoms in total. The second kappa shape index (κ2) is 4.57. The number of rotatable bonds is 2. The standard InChI is InChI=1S/C13H10ClN3O2S/c1-6-11-7(13(18)19)5-8(9-3-4-10(14)20-9)15-12(11)17(2)16-6/h3-5H,1-2H3,(H,18,19). The number of pyridine rings is 1. The third kappa shape index (κ3) is 1.97. The fourth-order valence-electron chi connectivity index (χ4n) is 2.19. The van der Waals surface area contributed by atoms with Crippen LogP contribution in [0.5, 0.6) is 0 Å². The predicted octanol–water partition coefficient (Wildman–Crippen LogP) is 3.36. The van der Waals surface area contributed by atoms with E-state index >= 15 is 0 Å². The van der Waals surface area contributed by atoms with Crippen LogP contribution in [0.4, 0.5) is 0 Å². The number of hydrogen-bond acceptors (Lipinski definition) is 4. The normalized spacial score (nSPS) is 11.2. The quantitative estimate of drug-likeness (QED) is 0.788. The lowest BCUT2D eigenvalue weighted by Crippen LogP contribution is -2.01. The van der Waals surface area contributed by atoms with Crippen molar-refractivity contribution in [1.29, 1.82) is 0 Å². The first-order chi connectivity index (χ1) is 9.47. The summed E-state index contributed by atoms with van der Waals surface area (Å²) in [5, 5.41) is 14.2. The van der Waals surface area contributed by atoms with Crippen LogP contribution in [0.3, 0.4) is 0 Å². The highest BCUT2D eigenvalue weighted by Crippen LogP contribution is 2.32. The van der Waals surface area contributed by atoms with E-state index in [1.54, 1.807) is 30.8 Å². The minimum absolute atomic E-state index is 0.208. The summed E-state index contributed by atoms with van der Waals surface area (Å²) in [4.78, 5) is 16.8. The largest absolute Gasteiger partial charge is 0.478 e. The molecule has 0 aliphatic carbocycles. The summed E-state index contributed by atoms with van der Waals surface area (Å²) in [5.41, 5.74) is 2.01. The van der Waals surface area contributed by atoms with Crippen molar-refractivity contribution in [3.05, 3.63) is 33.8 Å². The van der Waals surface area contributed by atoms with Gasteiger partial charge in [0.2, 0.25) is 0 Å². The van der Waals surface area contributed by atoms with Gasteiger partial charge in [-0.2, -0.15) is 5.10 Å². The zero-order valence-electron chi connectivity index (χ0n) is 10.7. The number of carboxylic acids is 1. The van der Waals surface area contributed by atoms with E-state index in [2.05, 4.69) is 10.1 Å². The Morgan fingerprint density at radius 2 is 2.20 bits per heavy atom. The number of nitrogens with zero attached hydrogens (tertiary/aromatic N) is 3. The number of fused-ring (bicyclic) bond motifs is 1. The lowest BCUT2D eigenvalue weighted by Gasteiger charge is -2.03. The molecule has 0 saturated heterocycles. The van der Waals surface area contributed by atoms with Crippen molar-refractivity contribution in [2.45, 2.75) is 6.92 Å². The smallest absolute Gasteiger partial charge is 0.336 e. The first-order valence-electron chi connectivity index (χ1n) is 5.80. The van der Waals surface area contributed by atoms with Crippen LogP contribution in [0.25, 0.3) is 21.6 Å². The summed E-state index contributed by atoms with van der Waals surface area (Å²) in [6, 6.07) is 5.17. The van der Waals surface area contributed by atoms with E-state index in [0.29, 0.717) is 26.8 Å². The van der Waals surface area contributed by atoms with E-state index in [-0.39, 0.29) is 5.56 Å². The third-order valence-electron chi connectivity index (χ3n) is 3.02. The Bertz CT molecular complexity index is 838. The van der Waals surface area contributed by atoms with E-state index in [1.165, 1.54) is 11.3 Å². The Morgan fingerprint density at radius 3 is 2.80 bits per heavy atom. The van der Waals surface area contributed by atoms with E-state index in [0.717, 1.165) is 4.88 Å². The van der Waals surface area contributed by atoms with Crippen molar-refractivity contribution >= 4 is 39.9 Å². The fraction of sp³-hybridized carbons (Fsp3) is 0.154. The van der Waals surface area contributed by atoms with Gasteiger partial charge >= 0.3 is 5.97 Å². The lowest BCUT2D eigenvalue weighted by atomic mass is 10.1. The number of aromatic nitrogens is 3. The second-order valence-corrected chi connectivity index (χ2v) is 6.09. The average Bonchev–Trinajstić information content (AvgIpc) is 2.94. The van der Waals surface area contributed by atoms with Gasteiger partial charge < -0.3 is 5.11 Å². The number of carbonyl (C=O) groups is 1. The predicted molar refractivity (Wildman–Crippen MR) is 78.5 cm³/mol. The van der Waals surface area contributed by atoms with Crippen molar-refractivity contribution in [2.75, 3.05) is 0 Å². The topological polar surface area (TPSA) is 68.0 Å². The Labute approximate surface area is 123 Å². The fourth-order valence-corrected chi connectivity index (χ4v) is 3.20. The summed E-state index contributed by atoms with van der Waals surface area (Å²) < 4.78 is 2.23. The maximum Gasteiger partial charge on any atom is 0.336 e. The van der Waals surface area contributed by atoms with E-state index in [4.69, 9.17) is 11.6 Å². The van der Waals surface area contributed by atoms with E-state index in [1.807, 2.05) is 6.07 Å². The zero-order valence-corrected chi connectivity index (χ0v) is 12.3. The monoisotopic (exact) mass is 307 g/mol. The van der Waals surface area contributed by atoms with Gasteiger partial charge in [0, 0.05) is 7.05 Å². The highest BCUT2D eigenvalue weighted by molar-refractivity contribution is 7.19. The van der Waals surface area contributed by atoms with Gasteiger partial charge in [0.05, 0.1) is 31.6 Å². The molecule has 0 atom stereocenters. The molecule has 1 N–H and O–H groups in total. The first-order valence-corrected chi connectivity index (χ1v) is 7.00. The molecule has 0 saturated carbocycles. The summed E-state index contributed by atoms with van der Waals surface area (Å²) in [7, 11) is 1.75. The van der Waals surface area contributed by atoms with Gasteiger partial charge in [0.1, 0.15) is 0 Å². The molecular formula is C13H10ClN3O2S. The van der Waals surface area contributed by atoms with Crippen molar-refractivity contribution in [1.82, 2.24) is 14.8 Å². The van der Waals surface area contributed by atoms with Crippen LogP contribution in [0.15, 0.2) is 18.2 Å². The molecule has 0 unspecified atom stereocenters. The SMILES string of the molecule is Cc1nn(C)c2nc(-c3ccc(Cl)s3)cc(C(=O)O)c12. The van der Waals surface area contributed by atoms with Crippen LogP contribution in [0, 0.1) is 6.92 Å². The molecule has 0 radical (unpaired) electrons. The van der Waals surface area contributed by atoms with Crippen LogP contribution in [0.1, 0.15) is 16.1 Å². The van der Waals surface area contributed by atoms with Crippen molar-refractivity contribution in [3.8, 4) is 10.6 Å². The molecular weight excluding hydrogens is 298 g/mol. The van der Waals surface area contributed by atoms with Crippen molar-refractivity contribution in [2.24, 2.45) is 7.05 Å². The maximum absolute atomic E-state index is 11.5. The van der Waals surface area contributed by atoms with E-state index < -0.39 is 5.97 Å². The molecule has 102 valence electrons. The Hall–Kier alpha value is -1.92. The van der Waals surface area contributed by atoms with Gasteiger partial charge in [-0.1, -0.05) is 11.6 Å². The molecule has 0 aliphatic rings. The van der Waals surface area contributed by atoms with Crippen molar-refractivity contribution < 1.29 is 9.90 Å². The van der Waals surface area contributed by atoms with Gasteiger partial charge in [-0.05, 0) is 25.1 Å². The molecule has 7 heteroatoms. The molecule has 0 aromatic carbocycles. The zero-order chi connectivity index (χ0) is 14.4. The minimum atomic E-state index is -0.989. The number of halogens is 1. The van der Waals surface area contributed by atoms with Gasteiger partial charge in [-0.25, -0.2) is 9.78 Å². The van der Waals surface area contributed by atoms with E-state index in [9.17, 15) is 9.90 Å². The highest BCUT2D eigenvalue weighted by atomic mass is 35.5. The van der Waals surface area contributed by atoms with Crippen molar-refractivity contribution in [3.63, 3.8) is 0 Å². The molecule has 0 bridgehead atoms. The van der Waals surface area contributed by atoms with Gasteiger partial charge in [0.15, 0.2) is 5.65 Å². The van der Waals surface area contributed by atoms with Gasteiger partial charge in [-0.3, -0.25) is 4.68 Å². The van der Waals surface area contributed by atoms with Crippen LogP contribution >= 0.6 is 22.9 Å². The Kier molecular flexibility index (Phi) is 2.99. The number of carboxylic acid groups (broad SMARTS) is 1. The molecule has 0 spiro atoms. The Balaban J connectivity index is 2.36. The van der Waals surface area contributed by atoms with Crippen LogP contribution in [0.2, 0.25) is 4.34 Å². The second-order valence-electron chi connectivity index (χ2n) is 4.37. The molecule has 3 aromatic rings. The molecule has 3 heterocycles. The molecule has 0 amide bonds. The molecule has 3 aromatic heterocycles. The highest BCUT2D eigenvalue weighted by Gasteiger charge is 2.19. The van der Waals surface area contributed by atoms with Gasteiger partial charge in [0.25, 0.3) is 0 Å². The van der Waals surface area contributed by atoms with Crippen LogP contribution in [-0.4, -0.2) is 25.8 Å². The molecule has 0 aliphatic heterocycles. The summed E-state index contributed by atoms with van der Waals surface area (Å²) >= 11 is 7.29. The Morgan fingerprint density at radius 1 is 1.45 bits per heavy atom. The lowest BCUT2D eigenvalue weighted by molar-refractivity contribution is 0.0699. The van der Waals surface area contributed by atoms with Crippen LogP contribution in [-0.2, 0) is 7.05 Å². The summed E-state index contributed by atoms with van der Waals surface area (Å²) in [5.74, 6) is -0.989. The summed E-state index contributed by atoms with van der Waals surface area (Å²) in [6.07, 6.45) is 0. The summed E-state index contributed by atoms with van der Waals surface area (Å²) in [6.45, 7) is 1.78. The van der Waals surface area contributed by atoms with Gasteiger partial charge in [-0.15, -0.1) is 11.3 Å². The van der Waals surface area contributed by atoms with Crippen LogP contribution < -0.4 is 0 Å². The first kappa shape index (κ1) is 13.1. The number of hydrogen-bond donors (Lipinski definition) is 1. The number of thiophene rings is 1. The maximum atomic E-state index is 11.5.